The summed E-state index contributed by atoms with van der Waals surface area (Å²) < 4.78 is 19.9. The van der Waals surface area contributed by atoms with Crippen LogP contribution in [0.1, 0.15) is 46.4 Å². The van der Waals surface area contributed by atoms with Gasteiger partial charge >= 0.3 is 5.97 Å². The molecule has 3 aromatic rings. The molecule has 0 fully saturated rings. The summed E-state index contributed by atoms with van der Waals surface area (Å²) in [5, 5.41) is 19.3. The van der Waals surface area contributed by atoms with Crippen LogP contribution in [-0.4, -0.2) is 27.8 Å². The first-order chi connectivity index (χ1) is 15.3. The summed E-state index contributed by atoms with van der Waals surface area (Å²) in [5.74, 6) is -1.69. The van der Waals surface area contributed by atoms with E-state index in [1.807, 2.05) is 13.0 Å². The van der Waals surface area contributed by atoms with E-state index in [4.69, 9.17) is 14.8 Å². The smallest absolute Gasteiger partial charge is 0.341 e. The maximum absolute atomic E-state index is 14.8. The molecule has 0 aliphatic heterocycles. The molecule has 1 aromatic heterocycles. The summed E-state index contributed by atoms with van der Waals surface area (Å²) in [5.41, 5.74) is 6.73. The second-order valence-electron chi connectivity index (χ2n) is 8.33. The molecule has 1 heterocycles. The molecular formula is C26H26FNO4. The van der Waals surface area contributed by atoms with Gasteiger partial charge in [0.2, 0.25) is 0 Å². The number of aromatic hydroxyl groups is 1. The van der Waals surface area contributed by atoms with E-state index >= 15 is 0 Å². The van der Waals surface area contributed by atoms with Crippen LogP contribution in [0.2, 0.25) is 0 Å². The molecule has 1 aliphatic rings. The average molecular weight is 435 g/mol. The summed E-state index contributed by atoms with van der Waals surface area (Å²) >= 11 is 0. The Labute approximate surface area is 186 Å². The molecule has 0 amide bonds. The highest BCUT2D eigenvalue weighted by Crippen LogP contribution is 2.33. The summed E-state index contributed by atoms with van der Waals surface area (Å²) in [7, 11) is 0. The maximum atomic E-state index is 14.8. The number of carboxylic acid groups (broad SMARTS) is 1. The zero-order valence-electron chi connectivity index (χ0n) is 18.2. The zero-order valence-corrected chi connectivity index (χ0v) is 18.2. The second kappa shape index (κ2) is 8.99. The van der Waals surface area contributed by atoms with Gasteiger partial charge in [0.15, 0.2) is 18.2 Å². The number of nitrogens with zero attached hydrogens (tertiary/aromatic N) is 1. The molecule has 0 unspecified atom stereocenters. The minimum Gasteiger partial charge on any atom is -0.506 e. The van der Waals surface area contributed by atoms with Gasteiger partial charge < -0.3 is 14.9 Å². The fourth-order valence-electron chi connectivity index (χ4n) is 4.34. The van der Waals surface area contributed by atoms with Crippen LogP contribution >= 0.6 is 0 Å². The van der Waals surface area contributed by atoms with E-state index in [0.717, 1.165) is 29.5 Å². The van der Waals surface area contributed by atoms with Gasteiger partial charge in [0.25, 0.3) is 0 Å². The first-order valence-corrected chi connectivity index (χ1v) is 10.8. The third kappa shape index (κ3) is 4.44. The van der Waals surface area contributed by atoms with Gasteiger partial charge in [-0.25, -0.2) is 14.2 Å². The Kier molecular flexibility index (Phi) is 6.12. The van der Waals surface area contributed by atoms with Crippen LogP contribution < -0.4 is 4.74 Å². The number of carboxylic acids is 1. The lowest BCUT2D eigenvalue weighted by molar-refractivity contribution is -0.139. The van der Waals surface area contributed by atoms with E-state index in [9.17, 15) is 14.3 Å². The Balaban J connectivity index is 1.65. The third-order valence-corrected chi connectivity index (χ3v) is 6.08. The number of hydrogen-bond acceptors (Lipinski definition) is 4. The van der Waals surface area contributed by atoms with E-state index in [1.165, 1.54) is 30.0 Å². The molecule has 0 atom stereocenters. The van der Waals surface area contributed by atoms with Crippen LogP contribution in [0.25, 0.3) is 11.3 Å². The SMILES string of the molecule is Cc1cc(OCC(=O)O)c(F)c(C)c1Cc1ccc(O)c(-c2ccc3c(c2)CCCC3)n1. The highest BCUT2D eigenvalue weighted by atomic mass is 19.1. The van der Waals surface area contributed by atoms with Crippen molar-refractivity contribution in [3.63, 3.8) is 0 Å². The largest absolute Gasteiger partial charge is 0.506 e. The fourth-order valence-corrected chi connectivity index (χ4v) is 4.34. The molecule has 5 nitrogen and oxygen atoms in total. The molecule has 0 bridgehead atoms. The van der Waals surface area contributed by atoms with Gasteiger partial charge in [-0.2, -0.15) is 0 Å². The first-order valence-electron chi connectivity index (χ1n) is 10.8. The lowest BCUT2D eigenvalue weighted by Gasteiger charge is -2.17. The van der Waals surface area contributed by atoms with E-state index in [-0.39, 0.29) is 11.5 Å². The highest BCUT2D eigenvalue weighted by Gasteiger charge is 2.18. The molecule has 0 saturated heterocycles. The van der Waals surface area contributed by atoms with Gasteiger partial charge in [-0.1, -0.05) is 12.1 Å². The van der Waals surface area contributed by atoms with Gasteiger partial charge in [-0.3, -0.25) is 0 Å². The predicted octanol–water partition coefficient (Wildman–Crippen LogP) is 5.14. The second-order valence-corrected chi connectivity index (χ2v) is 8.33. The van der Waals surface area contributed by atoms with Crippen molar-refractivity contribution in [2.75, 3.05) is 6.61 Å². The summed E-state index contributed by atoms with van der Waals surface area (Å²) in [4.78, 5) is 15.4. The van der Waals surface area contributed by atoms with Crippen molar-refractivity contribution >= 4 is 5.97 Å². The van der Waals surface area contributed by atoms with Gasteiger partial charge in [0.05, 0.1) is 0 Å². The summed E-state index contributed by atoms with van der Waals surface area (Å²) in [6.07, 6.45) is 4.89. The van der Waals surface area contributed by atoms with Crippen molar-refractivity contribution in [1.29, 1.82) is 0 Å². The van der Waals surface area contributed by atoms with E-state index in [2.05, 4.69) is 12.1 Å². The topological polar surface area (TPSA) is 79.7 Å². The molecule has 166 valence electrons. The van der Waals surface area contributed by atoms with Crippen LogP contribution in [0.5, 0.6) is 11.5 Å². The Morgan fingerprint density at radius 1 is 1.09 bits per heavy atom. The Bertz CT molecular complexity index is 1190. The molecule has 0 saturated carbocycles. The molecule has 6 heteroatoms. The molecule has 2 N–H and O–H groups in total. The third-order valence-electron chi connectivity index (χ3n) is 6.08. The monoisotopic (exact) mass is 435 g/mol. The van der Waals surface area contributed by atoms with Crippen molar-refractivity contribution in [2.24, 2.45) is 0 Å². The first kappa shape index (κ1) is 21.8. The number of aryl methyl sites for hydroxylation is 3. The summed E-state index contributed by atoms with van der Waals surface area (Å²) in [6.45, 7) is 2.88. The fraction of sp³-hybridized carbons (Fsp3) is 0.308. The number of benzene rings is 2. The Morgan fingerprint density at radius 2 is 1.84 bits per heavy atom. The molecule has 32 heavy (non-hydrogen) atoms. The van der Waals surface area contributed by atoms with Crippen LogP contribution in [0.3, 0.4) is 0 Å². The number of pyridine rings is 1. The van der Waals surface area contributed by atoms with E-state index < -0.39 is 18.4 Å². The summed E-state index contributed by atoms with van der Waals surface area (Å²) in [6, 6.07) is 11.1. The minimum absolute atomic E-state index is 0.0698. The van der Waals surface area contributed by atoms with Crippen LogP contribution in [-0.2, 0) is 24.1 Å². The van der Waals surface area contributed by atoms with Gasteiger partial charge in [-0.05, 0) is 91.6 Å². The number of halogens is 1. The standard InChI is InChI=1S/C26H26FNO4/c1-15-11-23(32-14-24(30)31)25(27)16(2)21(15)13-20-9-10-22(29)26(28-20)19-8-7-17-5-3-4-6-18(17)12-19/h7-12,29H,3-6,13-14H2,1-2H3,(H,30,31). The van der Waals surface area contributed by atoms with Crippen LogP contribution in [0.4, 0.5) is 4.39 Å². The number of aliphatic carboxylic acids is 1. The van der Waals surface area contributed by atoms with Crippen molar-refractivity contribution < 1.29 is 24.1 Å². The highest BCUT2D eigenvalue weighted by molar-refractivity contribution is 5.69. The van der Waals surface area contributed by atoms with E-state index in [1.54, 1.807) is 19.1 Å². The van der Waals surface area contributed by atoms with Crippen LogP contribution in [0, 0.1) is 19.7 Å². The number of rotatable bonds is 6. The number of aromatic nitrogens is 1. The number of ether oxygens (including phenoxy) is 1. The lowest BCUT2D eigenvalue weighted by atomic mass is 9.89. The van der Waals surface area contributed by atoms with E-state index in [0.29, 0.717) is 23.4 Å². The normalized spacial score (nSPS) is 13.0. The quantitative estimate of drug-likeness (QED) is 0.560. The predicted molar refractivity (Wildman–Crippen MR) is 120 cm³/mol. The zero-order chi connectivity index (χ0) is 22.8. The molecular weight excluding hydrogens is 409 g/mol. The van der Waals surface area contributed by atoms with Crippen molar-refractivity contribution in [1.82, 2.24) is 4.98 Å². The number of carbonyl (C=O) groups is 1. The number of fused-ring (bicyclic) bond motifs is 1. The Hall–Kier alpha value is -3.41. The molecule has 1 aliphatic carbocycles. The maximum Gasteiger partial charge on any atom is 0.341 e. The lowest BCUT2D eigenvalue weighted by Crippen LogP contribution is -2.11. The minimum atomic E-state index is -1.16. The number of hydrogen-bond donors (Lipinski definition) is 2. The van der Waals surface area contributed by atoms with Gasteiger partial charge in [-0.15, -0.1) is 0 Å². The van der Waals surface area contributed by atoms with Gasteiger partial charge in [0, 0.05) is 17.7 Å². The molecule has 4 rings (SSSR count). The molecule has 0 spiro atoms. The van der Waals surface area contributed by atoms with Crippen molar-refractivity contribution in [2.45, 2.75) is 46.0 Å². The van der Waals surface area contributed by atoms with Crippen molar-refractivity contribution in [3.05, 3.63) is 75.7 Å². The average Bonchev–Trinajstić information content (AvgIpc) is 2.78. The van der Waals surface area contributed by atoms with Crippen molar-refractivity contribution in [3.8, 4) is 22.8 Å². The molecule has 2 aromatic carbocycles. The van der Waals surface area contributed by atoms with Gasteiger partial charge in [0.1, 0.15) is 11.4 Å². The Morgan fingerprint density at radius 3 is 2.59 bits per heavy atom. The molecule has 0 radical (unpaired) electrons. The van der Waals surface area contributed by atoms with Crippen LogP contribution in [0.15, 0.2) is 36.4 Å².